The first-order valence-corrected chi connectivity index (χ1v) is 9.83. The van der Waals surface area contributed by atoms with Crippen molar-refractivity contribution in [1.82, 2.24) is 4.90 Å². The smallest absolute Gasteiger partial charge is 0.227 e. The maximum atomic E-state index is 12.6. The predicted molar refractivity (Wildman–Crippen MR) is 102 cm³/mol. The van der Waals surface area contributed by atoms with Crippen molar-refractivity contribution in [3.05, 3.63) is 57.8 Å². The number of thiophene rings is 1. The Labute approximate surface area is 157 Å². The van der Waals surface area contributed by atoms with E-state index in [1.165, 1.54) is 18.3 Å². The van der Waals surface area contributed by atoms with Gasteiger partial charge in [-0.05, 0) is 42.3 Å². The van der Waals surface area contributed by atoms with Crippen LogP contribution in [0.15, 0.2) is 41.8 Å². The number of carbonyl (C=O) groups is 3. The first-order valence-electron chi connectivity index (χ1n) is 8.95. The van der Waals surface area contributed by atoms with Gasteiger partial charge in [-0.25, -0.2) is 0 Å². The van der Waals surface area contributed by atoms with E-state index < -0.39 is 0 Å². The third kappa shape index (κ3) is 4.67. The van der Waals surface area contributed by atoms with Gasteiger partial charge in [0, 0.05) is 25.4 Å². The summed E-state index contributed by atoms with van der Waals surface area (Å²) in [6.45, 7) is 2.75. The molecule has 136 valence electrons. The van der Waals surface area contributed by atoms with Crippen molar-refractivity contribution in [1.29, 1.82) is 0 Å². The summed E-state index contributed by atoms with van der Waals surface area (Å²) < 4.78 is 0. The SMILES string of the molecule is CC(=O)c1cc(CC(=O)N2CCCC(C(=O)Cc3ccccc3)C2)cs1. The fourth-order valence-electron chi connectivity index (χ4n) is 3.35. The Morgan fingerprint density at radius 2 is 1.88 bits per heavy atom. The lowest BCUT2D eigenvalue weighted by atomic mass is 9.90. The second kappa shape index (κ2) is 8.41. The fraction of sp³-hybridized carbons (Fsp3) is 0.381. The quantitative estimate of drug-likeness (QED) is 0.732. The second-order valence-corrected chi connectivity index (χ2v) is 7.77. The third-order valence-electron chi connectivity index (χ3n) is 4.81. The number of hydrogen-bond donors (Lipinski definition) is 0. The number of carbonyl (C=O) groups excluding carboxylic acids is 3. The largest absolute Gasteiger partial charge is 0.342 e. The van der Waals surface area contributed by atoms with Crippen LogP contribution in [0.1, 0.15) is 40.6 Å². The lowest BCUT2D eigenvalue weighted by molar-refractivity contribution is -0.134. The molecule has 2 aromatic rings. The summed E-state index contributed by atoms with van der Waals surface area (Å²) >= 11 is 1.38. The number of amides is 1. The molecule has 1 aromatic carbocycles. The Bertz CT molecular complexity index is 797. The van der Waals surface area contributed by atoms with Crippen LogP contribution in [0.25, 0.3) is 0 Å². The summed E-state index contributed by atoms with van der Waals surface area (Å²) in [6, 6.07) is 11.6. The van der Waals surface area contributed by atoms with Crippen LogP contribution in [0.3, 0.4) is 0 Å². The van der Waals surface area contributed by atoms with E-state index in [-0.39, 0.29) is 23.4 Å². The van der Waals surface area contributed by atoms with E-state index in [9.17, 15) is 14.4 Å². The number of ketones is 2. The van der Waals surface area contributed by atoms with Gasteiger partial charge in [0.15, 0.2) is 5.78 Å². The molecule has 1 aromatic heterocycles. The summed E-state index contributed by atoms with van der Waals surface area (Å²) in [5.74, 6) is 0.194. The zero-order chi connectivity index (χ0) is 18.5. The van der Waals surface area contributed by atoms with E-state index in [1.54, 1.807) is 6.07 Å². The normalized spacial score (nSPS) is 17.1. The van der Waals surface area contributed by atoms with E-state index >= 15 is 0 Å². The molecule has 1 atom stereocenters. The molecular formula is C21H23NO3S. The van der Waals surface area contributed by atoms with E-state index in [2.05, 4.69) is 0 Å². The van der Waals surface area contributed by atoms with Crippen LogP contribution in [-0.4, -0.2) is 35.5 Å². The van der Waals surface area contributed by atoms with Gasteiger partial charge in [-0.2, -0.15) is 0 Å². The van der Waals surface area contributed by atoms with Crippen LogP contribution in [0.4, 0.5) is 0 Å². The van der Waals surface area contributed by atoms with Crippen molar-refractivity contribution >= 4 is 28.8 Å². The molecule has 0 N–H and O–H groups in total. The summed E-state index contributed by atoms with van der Waals surface area (Å²) in [6.07, 6.45) is 2.44. The number of rotatable bonds is 6. The molecule has 1 aliphatic rings. The van der Waals surface area contributed by atoms with Crippen LogP contribution in [-0.2, 0) is 22.4 Å². The van der Waals surface area contributed by atoms with E-state index in [0.29, 0.717) is 30.8 Å². The number of hydrogen-bond acceptors (Lipinski definition) is 4. The maximum absolute atomic E-state index is 12.6. The van der Waals surface area contributed by atoms with Gasteiger partial charge in [-0.1, -0.05) is 30.3 Å². The molecule has 0 radical (unpaired) electrons. The predicted octanol–water partition coefficient (Wildman–Crippen LogP) is 3.54. The van der Waals surface area contributed by atoms with Gasteiger partial charge in [0.1, 0.15) is 5.78 Å². The van der Waals surface area contributed by atoms with Crippen molar-refractivity contribution in [2.45, 2.75) is 32.6 Å². The molecule has 0 saturated carbocycles. The molecule has 0 aliphatic carbocycles. The van der Waals surface area contributed by atoms with Crippen LogP contribution in [0.5, 0.6) is 0 Å². The Morgan fingerprint density at radius 1 is 1.12 bits per heavy atom. The molecule has 1 aliphatic heterocycles. The third-order valence-corrected chi connectivity index (χ3v) is 5.89. The summed E-state index contributed by atoms with van der Waals surface area (Å²) in [4.78, 5) is 39.1. The fourth-order valence-corrected chi connectivity index (χ4v) is 4.16. The molecular weight excluding hydrogens is 346 g/mol. The highest BCUT2D eigenvalue weighted by Gasteiger charge is 2.28. The summed E-state index contributed by atoms with van der Waals surface area (Å²) in [7, 11) is 0. The topological polar surface area (TPSA) is 54.5 Å². The number of piperidine rings is 1. The van der Waals surface area contributed by atoms with Gasteiger partial charge in [-0.3, -0.25) is 14.4 Å². The molecule has 5 heteroatoms. The van der Waals surface area contributed by atoms with Crippen molar-refractivity contribution in [3.63, 3.8) is 0 Å². The van der Waals surface area contributed by atoms with Crippen LogP contribution in [0, 0.1) is 5.92 Å². The van der Waals surface area contributed by atoms with Crippen molar-refractivity contribution in [2.75, 3.05) is 13.1 Å². The zero-order valence-corrected chi connectivity index (χ0v) is 15.8. The molecule has 0 spiro atoms. The molecule has 1 fully saturated rings. The number of likely N-dealkylation sites (tertiary alicyclic amines) is 1. The van der Waals surface area contributed by atoms with Gasteiger partial charge < -0.3 is 4.90 Å². The molecule has 26 heavy (non-hydrogen) atoms. The Hall–Kier alpha value is -2.27. The zero-order valence-electron chi connectivity index (χ0n) is 14.9. The highest BCUT2D eigenvalue weighted by atomic mass is 32.1. The number of nitrogens with zero attached hydrogens (tertiary/aromatic N) is 1. The molecule has 1 saturated heterocycles. The lowest BCUT2D eigenvalue weighted by Gasteiger charge is -2.32. The standard InChI is InChI=1S/C21H23NO3S/c1-15(23)20-11-17(14-26-20)12-21(25)22-9-5-8-18(13-22)19(24)10-16-6-3-2-4-7-16/h2-4,6-7,11,14,18H,5,8-10,12-13H2,1H3. The Kier molecular flexibility index (Phi) is 5.99. The average Bonchev–Trinajstić information content (AvgIpc) is 3.11. The minimum absolute atomic E-state index is 0.0262. The van der Waals surface area contributed by atoms with Gasteiger partial charge in [0.2, 0.25) is 5.91 Å². The Balaban J connectivity index is 1.57. The molecule has 1 unspecified atom stereocenters. The first kappa shape index (κ1) is 18.5. The highest BCUT2D eigenvalue weighted by Crippen LogP contribution is 2.21. The average molecular weight is 369 g/mol. The highest BCUT2D eigenvalue weighted by molar-refractivity contribution is 7.12. The van der Waals surface area contributed by atoms with Gasteiger partial charge >= 0.3 is 0 Å². The van der Waals surface area contributed by atoms with Crippen LogP contribution >= 0.6 is 11.3 Å². The number of benzene rings is 1. The first-order chi connectivity index (χ1) is 12.5. The second-order valence-electron chi connectivity index (χ2n) is 6.86. The van der Waals surface area contributed by atoms with Crippen molar-refractivity contribution < 1.29 is 14.4 Å². The molecule has 1 amide bonds. The van der Waals surface area contributed by atoms with E-state index in [4.69, 9.17) is 0 Å². The minimum Gasteiger partial charge on any atom is -0.342 e. The number of Topliss-reactive ketones (excluding diaryl/α,β-unsaturated/α-hetero) is 2. The molecule has 2 heterocycles. The summed E-state index contributed by atoms with van der Waals surface area (Å²) in [5, 5.41) is 1.87. The molecule has 4 nitrogen and oxygen atoms in total. The minimum atomic E-state index is -0.0804. The van der Waals surface area contributed by atoms with E-state index in [1.807, 2.05) is 40.6 Å². The van der Waals surface area contributed by atoms with Crippen molar-refractivity contribution in [2.24, 2.45) is 5.92 Å². The van der Waals surface area contributed by atoms with Crippen LogP contribution in [0.2, 0.25) is 0 Å². The lowest BCUT2D eigenvalue weighted by Crippen LogP contribution is -2.43. The maximum Gasteiger partial charge on any atom is 0.227 e. The monoisotopic (exact) mass is 369 g/mol. The van der Waals surface area contributed by atoms with Crippen LogP contribution < -0.4 is 0 Å². The molecule has 3 rings (SSSR count). The Morgan fingerprint density at radius 3 is 2.58 bits per heavy atom. The molecule has 0 bridgehead atoms. The van der Waals surface area contributed by atoms with Gasteiger partial charge in [0.25, 0.3) is 0 Å². The van der Waals surface area contributed by atoms with Crippen molar-refractivity contribution in [3.8, 4) is 0 Å². The van der Waals surface area contributed by atoms with E-state index in [0.717, 1.165) is 24.0 Å². The van der Waals surface area contributed by atoms with Gasteiger partial charge in [-0.15, -0.1) is 11.3 Å². The van der Waals surface area contributed by atoms with Gasteiger partial charge in [0.05, 0.1) is 11.3 Å². The summed E-state index contributed by atoms with van der Waals surface area (Å²) in [5.41, 5.74) is 1.90.